The minimum atomic E-state index is -4.74. The average Bonchev–Trinajstić information content (AvgIpc) is 3.39. The van der Waals surface area contributed by atoms with Crippen LogP contribution in [0, 0.1) is 0 Å². The van der Waals surface area contributed by atoms with Crippen LogP contribution >= 0.6 is 0 Å². The molecule has 0 spiro atoms. The number of hydrogen-bond donors (Lipinski definition) is 0. The molecule has 4 rings (SSSR count). The normalized spacial score (nSPS) is 15.4. The van der Waals surface area contributed by atoms with E-state index in [0.717, 1.165) is 12.2 Å². The summed E-state index contributed by atoms with van der Waals surface area (Å²) < 4.78 is 52.6. The summed E-state index contributed by atoms with van der Waals surface area (Å²) in [5.41, 5.74) is 1.65. The van der Waals surface area contributed by atoms with E-state index < -0.39 is 6.36 Å². The van der Waals surface area contributed by atoms with Crippen molar-refractivity contribution in [3.63, 3.8) is 0 Å². The third kappa shape index (κ3) is 6.52. The molecule has 7 nitrogen and oxygen atoms in total. The molecule has 2 heterocycles. The fraction of sp³-hybridized carbons (Fsp3) is 0.217. The van der Waals surface area contributed by atoms with Crippen LogP contribution in [0.4, 0.5) is 13.2 Å². The first-order valence-corrected chi connectivity index (χ1v) is 9.86. The van der Waals surface area contributed by atoms with Gasteiger partial charge >= 0.3 is 6.36 Å². The summed E-state index contributed by atoms with van der Waals surface area (Å²) in [5.74, 6) is 1.10. The number of aromatic nitrogens is 3. The zero-order chi connectivity index (χ0) is 24.0. The highest BCUT2D eigenvalue weighted by atomic mass is 19.4. The first-order chi connectivity index (χ1) is 15.7. The van der Waals surface area contributed by atoms with Crippen molar-refractivity contribution in [1.82, 2.24) is 19.9 Å². The number of methoxy groups -OCH3 is 1. The van der Waals surface area contributed by atoms with Gasteiger partial charge in [0.2, 0.25) is 0 Å². The number of alkyl halides is 3. The predicted molar refractivity (Wildman–Crippen MR) is 117 cm³/mol. The van der Waals surface area contributed by atoms with Crippen molar-refractivity contribution in [2.75, 3.05) is 13.7 Å². The summed E-state index contributed by atoms with van der Waals surface area (Å²) in [6.45, 7) is 10.2. The third-order valence-corrected chi connectivity index (χ3v) is 4.53. The molecule has 1 saturated heterocycles. The summed E-state index contributed by atoms with van der Waals surface area (Å²) in [5, 5.41) is 7.97. The minimum absolute atomic E-state index is 0.260. The van der Waals surface area contributed by atoms with Crippen molar-refractivity contribution in [3.8, 4) is 28.4 Å². The molecule has 1 aromatic heterocycles. The highest BCUT2D eigenvalue weighted by Gasteiger charge is 2.31. The highest BCUT2D eigenvalue weighted by molar-refractivity contribution is 5.60. The Kier molecular flexibility index (Phi) is 7.27. The molecule has 0 radical (unpaired) electrons. The Balaban J connectivity index is 0.000000286. The fourth-order valence-corrected chi connectivity index (χ4v) is 3.00. The summed E-state index contributed by atoms with van der Waals surface area (Å²) in [6.07, 6.45) is -1.13. The van der Waals surface area contributed by atoms with Gasteiger partial charge in [0, 0.05) is 5.56 Å². The van der Waals surface area contributed by atoms with Gasteiger partial charge in [-0.15, -0.1) is 18.3 Å². The van der Waals surface area contributed by atoms with E-state index in [1.54, 1.807) is 49.8 Å². The lowest BCUT2D eigenvalue weighted by Gasteiger charge is -2.09. The van der Waals surface area contributed by atoms with Crippen LogP contribution in [0.1, 0.15) is 6.92 Å². The smallest absolute Gasteiger partial charge is 0.497 e. The first kappa shape index (κ1) is 23.7. The molecular weight excluding hydrogens is 437 g/mol. The van der Waals surface area contributed by atoms with E-state index in [4.69, 9.17) is 9.47 Å². The second-order valence-electron chi connectivity index (χ2n) is 6.98. The molecule has 1 atom stereocenters. The van der Waals surface area contributed by atoms with Crippen molar-refractivity contribution in [2.45, 2.75) is 19.4 Å². The molecule has 2 aromatic carbocycles. The average molecular weight is 460 g/mol. The molecule has 1 aliphatic rings. The molecule has 0 saturated carbocycles. The lowest BCUT2D eigenvalue weighted by atomic mass is 10.1. The monoisotopic (exact) mass is 460 g/mol. The number of ether oxygens (including phenoxy) is 3. The predicted octanol–water partition coefficient (Wildman–Crippen LogP) is 5.16. The van der Waals surface area contributed by atoms with Crippen LogP contribution in [-0.2, 0) is 4.74 Å². The molecule has 0 amide bonds. The Morgan fingerprint density at radius 2 is 1.88 bits per heavy atom. The summed E-state index contributed by atoms with van der Waals surface area (Å²) >= 11 is 0. The maximum absolute atomic E-state index is 12.3. The lowest BCUT2D eigenvalue weighted by Crippen LogP contribution is -2.17. The van der Waals surface area contributed by atoms with Crippen LogP contribution < -0.4 is 9.47 Å². The topological polar surface area (TPSA) is 61.6 Å². The molecule has 0 aliphatic carbocycles. The van der Waals surface area contributed by atoms with Gasteiger partial charge in [-0.2, -0.15) is 0 Å². The van der Waals surface area contributed by atoms with Gasteiger partial charge in [-0.1, -0.05) is 23.9 Å². The van der Waals surface area contributed by atoms with Crippen LogP contribution in [0.25, 0.3) is 16.9 Å². The van der Waals surface area contributed by atoms with Crippen molar-refractivity contribution in [2.24, 2.45) is 0 Å². The van der Waals surface area contributed by atoms with Crippen LogP contribution in [0.5, 0.6) is 11.5 Å². The Hall–Kier alpha value is -3.95. The molecule has 1 unspecified atom stereocenters. The van der Waals surface area contributed by atoms with Crippen LogP contribution in [0.15, 0.2) is 80.0 Å². The maximum Gasteiger partial charge on any atom is 0.573 e. The van der Waals surface area contributed by atoms with Gasteiger partial charge in [-0.3, -0.25) is 0 Å². The van der Waals surface area contributed by atoms with Crippen molar-refractivity contribution < 1.29 is 27.4 Å². The Labute approximate surface area is 189 Å². The Bertz CT molecular complexity index is 1100. The second-order valence-corrected chi connectivity index (χ2v) is 6.98. The van der Waals surface area contributed by atoms with E-state index in [-0.39, 0.29) is 11.9 Å². The number of nitrogens with zero attached hydrogens (tertiary/aromatic N) is 4. The maximum atomic E-state index is 12.3. The van der Waals surface area contributed by atoms with Crippen molar-refractivity contribution in [1.29, 1.82) is 0 Å². The SMILES string of the molecule is C=CN1CC(C)OC1=C.COc1ccc(-n2cc(-c3cccc(OC(F)(F)F)c3)nn2)cc1. The number of benzene rings is 2. The molecule has 174 valence electrons. The first-order valence-electron chi connectivity index (χ1n) is 9.86. The van der Waals surface area contributed by atoms with E-state index >= 15 is 0 Å². The van der Waals surface area contributed by atoms with Gasteiger partial charge in [0.15, 0.2) is 5.88 Å². The van der Waals surface area contributed by atoms with Crippen LogP contribution in [0.2, 0.25) is 0 Å². The fourth-order valence-electron chi connectivity index (χ4n) is 3.00. The molecule has 1 fully saturated rings. The molecule has 33 heavy (non-hydrogen) atoms. The standard InChI is InChI=1S/C16H12F3N3O2.C7H11NO/c1-23-13-7-5-12(6-8-13)22-10-15(20-21-22)11-3-2-4-14(9-11)24-16(17,18)19;1-4-8-5-6(2)9-7(8)3/h2-10H,1H3;4,6H,1,3,5H2,2H3. The van der Waals surface area contributed by atoms with Crippen LogP contribution in [-0.4, -0.2) is 46.0 Å². The third-order valence-electron chi connectivity index (χ3n) is 4.53. The zero-order valence-corrected chi connectivity index (χ0v) is 18.1. The molecule has 1 aliphatic heterocycles. The summed E-state index contributed by atoms with van der Waals surface area (Å²) in [6, 6.07) is 12.7. The lowest BCUT2D eigenvalue weighted by molar-refractivity contribution is -0.274. The second kappa shape index (κ2) is 10.1. The van der Waals surface area contributed by atoms with Gasteiger partial charge < -0.3 is 19.1 Å². The van der Waals surface area contributed by atoms with Gasteiger partial charge in [-0.25, -0.2) is 4.68 Å². The van der Waals surface area contributed by atoms with Gasteiger partial charge in [-0.05, 0) is 56.1 Å². The molecule has 0 N–H and O–H groups in total. The Morgan fingerprint density at radius 1 is 1.15 bits per heavy atom. The number of hydrogen-bond acceptors (Lipinski definition) is 6. The largest absolute Gasteiger partial charge is 0.573 e. The van der Waals surface area contributed by atoms with E-state index in [0.29, 0.717) is 22.9 Å². The Morgan fingerprint density at radius 3 is 2.42 bits per heavy atom. The molecular formula is C23H23F3N4O3. The van der Waals surface area contributed by atoms with E-state index in [2.05, 4.69) is 28.2 Å². The molecule has 3 aromatic rings. The highest BCUT2D eigenvalue weighted by Crippen LogP contribution is 2.27. The van der Waals surface area contributed by atoms with Crippen molar-refractivity contribution in [3.05, 3.63) is 80.0 Å². The number of rotatable bonds is 5. The number of halogens is 3. The van der Waals surface area contributed by atoms with Crippen LogP contribution in [0.3, 0.4) is 0 Å². The van der Waals surface area contributed by atoms with Crippen molar-refractivity contribution >= 4 is 0 Å². The molecule has 10 heteroatoms. The quantitative estimate of drug-likeness (QED) is 0.524. The van der Waals surface area contributed by atoms with E-state index in [1.165, 1.54) is 22.9 Å². The van der Waals surface area contributed by atoms with Gasteiger partial charge in [0.05, 0.1) is 25.5 Å². The van der Waals surface area contributed by atoms with E-state index in [9.17, 15) is 13.2 Å². The minimum Gasteiger partial charge on any atom is -0.497 e. The summed E-state index contributed by atoms with van der Waals surface area (Å²) in [7, 11) is 1.57. The van der Waals surface area contributed by atoms with E-state index in [1.807, 2.05) is 11.8 Å². The molecule has 0 bridgehead atoms. The zero-order valence-electron chi connectivity index (χ0n) is 18.1. The van der Waals surface area contributed by atoms with Gasteiger partial charge in [0.1, 0.15) is 23.3 Å². The van der Waals surface area contributed by atoms with Gasteiger partial charge in [0.25, 0.3) is 0 Å². The summed E-state index contributed by atoms with van der Waals surface area (Å²) in [4.78, 5) is 1.89.